The number of pyridine rings is 1. The molecular weight excluding hydrogens is 340 g/mol. The van der Waals surface area contributed by atoms with Gasteiger partial charge in [0.15, 0.2) is 5.82 Å². The van der Waals surface area contributed by atoms with Crippen LogP contribution in [0.3, 0.4) is 0 Å². The highest BCUT2D eigenvalue weighted by atomic mass is 16.5. The molecule has 1 aliphatic carbocycles. The molecule has 1 aliphatic heterocycles. The number of aryl methyl sites for hydroxylation is 1. The molecular formula is C21H28N4O2. The van der Waals surface area contributed by atoms with Gasteiger partial charge in [-0.05, 0) is 50.2 Å². The third-order valence-corrected chi connectivity index (χ3v) is 5.94. The van der Waals surface area contributed by atoms with E-state index in [0.717, 1.165) is 56.6 Å². The molecule has 0 N–H and O–H groups in total. The summed E-state index contributed by atoms with van der Waals surface area (Å²) in [6.45, 7) is 1.82. The largest absolute Gasteiger partial charge is 0.342 e. The van der Waals surface area contributed by atoms with E-state index >= 15 is 0 Å². The fourth-order valence-corrected chi connectivity index (χ4v) is 4.40. The molecule has 1 unspecified atom stereocenters. The first-order valence-corrected chi connectivity index (χ1v) is 10.3. The second kappa shape index (κ2) is 8.63. The molecule has 4 rings (SSSR count). The van der Waals surface area contributed by atoms with E-state index in [1.807, 2.05) is 12.1 Å². The molecule has 2 aromatic heterocycles. The topological polar surface area (TPSA) is 72.1 Å². The molecule has 27 heavy (non-hydrogen) atoms. The Kier molecular flexibility index (Phi) is 5.80. The molecule has 6 heteroatoms. The summed E-state index contributed by atoms with van der Waals surface area (Å²) in [6.07, 6.45) is 13.4. The van der Waals surface area contributed by atoms with Crippen LogP contribution < -0.4 is 0 Å². The molecule has 0 radical (unpaired) electrons. The standard InChI is InChI=1S/C21H28N4O2/c26-21(17-7-2-1-3-8-17)25-13-5-6-16(15-25)10-11-19-23-20(27-24-19)18-9-4-12-22-14-18/h4,9,12,14,16-17H,1-3,5-8,10-11,13,15H2. The van der Waals surface area contributed by atoms with Gasteiger partial charge in [-0.3, -0.25) is 9.78 Å². The Hall–Kier alpha value is -2.24. The lowest BCUT2D eigenvalue weighted by molar-refractivity contribution is -0.138. The van der Waals surface area contributed by atoms with Crippen LogP contribution in [-0.4, -0.2) is 39.0 Å². The zero-order valence-electron chi connectivity index (χ0n) is 15.8. The van der Waals surface area contributed by atoms with Crippen molar-refractivity contribution in [1.82, 2.24) is 20.0 Å². The highest BCUT2D eigenvalue weighted by Crippen LogP contribution is 2.28. The van der Waals surface area contributed by atoms with Gasteiger partial charge in [-0.1, -0.05) is 24.4 Å². The number of hydrogen-bond donors (Lipinski definition) is 0. The maximum absolute atomic E-state index is 12.8. The summed E-state index contributed by atoms with van der Waals surface area (Å²) < 4.78 is 5.36. The molecule has 2 aromatic rings. The number of carbonyl (C=O) groups excluding carboxylic acids is 1. The van der Waals surface area contributed by atoms with E-state index in [9.17, 15) is 4.79 Å². The van der Waals surface area contributed by atoms with Crippen LogP contribution in [0, 0.1) is 11.8 Å². The van der Waals surface area contributed by atoms with Crippen molar-refractivity contribution in [3.05, 3.63) is 30.4 Å². The van der Waals surface area contributed by atoms with Crippen LogP contribution in [-0.2, 0) is 11.2 Å². The van der Waals surface area contributed by atoms with E-state index in [1.165, 1.54) is 25.7 Å². The lowest BCUT2D eigenvalue weighted by atomic mass is 9.86. The Morgan fingerprint density at radius 2 is 2.07 bits per heavy atom. The first-order valence-electron chi connectivity index (χ1n) is 10.3. The van der Waals surface area contributed by atoms with Crippen LogP contribution >= 0.6 is 0 Å². The molecule has 0 bridgehead atoms. The highest BCUT2D eigenvalue weighted by Gasteiger charge is 2.29. The number of amides is 1. The van der Waals surface area contributed by atoms with Crippen molar-refractivity contribution in [3.63, 3.8) is 0 Å². The Balaban J connectivity index is 1.29. The van der Waals surface area contributed by atoms with Crippen molar-refractivity contribution in [2.24, 2.45) is 11.8 Å². The van der Waals surface area contributed by atoms with Gasteiger partial charge in [0.1, 0.15) is 0 Å². The molecule has 1 amide bonds. The van der Waals surface area contributed by atoms with Gasteiger partial charge in [0.05, 0.1) is 5.56 Å². The van der Waals surface area contributed by atoms with Crippen molar-refractivity contribution >= 4 is 5.91 Å². The summed E-state index contributed by atoms with van der Waals surface area (Å²) in [4.78, 5) is 23.5. The number of carbonyl (C=O) groups is 1. The normalized spacial score (nSPS) is 21.3. The summed E-state index contributed by atoms with van der Waals surface area (Å²) >= 11 is 0. The Bertz CT molecular complexity index is 740. The summed E-state index contributed by atoms with van der Waals surface area (Å²) in [5, 5.41) is 4.11. The molecule has 1 saturated carbocycles. The molecule has 6 nitrogen and oxygen atoms in total. The number of aromatic nitrogens is 3. The van der Waals surface area contributed by atoms with Gasteiger partial charge < -0.3 is 9.42 Å². The summed E-state index contributed by atoms with van der Waals surface area (Å²) in [5.74, 6) is 2.47. The van der Waals surface area contributed by atoms with E-state index in [1.54, 1.807) is 12.4 Å². The Morgan fingerprint density at radius 1 is 1.19 bits per heavy atom. The average Bonchev–Trinajstić information content (AvgIpc) is 3.22. The van der Waals surface area contributed by atoms with Crippen molar-refractivity contribution in [2.75, 3.05) is 13.1 Å². The zero-order valence-corrected chi connectivity index (χ0v) is 15.8. The Labute approximate surface area is 160 Å². The lowest BCUT2D eigenvalue weighted by Crippen LogP contribution is -2.43. The number of likely N-dealkylation sites (tertiary alicyclic amines) is 1. The SMILES string of the molecule is O=C(C1CCCCC1)N1CCCC(CCc2noc(-c3cccnc3)n2)C1. The Morgan fingerprint density at radius 3 is 2.89 bits per heavy atom. The van der Waals surface area contributed by atoms with Crippen molar-refractivity contribution in [2.45, 2.75) is 57.8 Å². The average molecular weight is 368 g/mol. The predicted octanol–water partition coefficient (Wildman–Crippen LogP) is 3.88. The van der Waals surface area contributed by atoms with Crippen LogP contribution in [0.2, 0.25) is 0 Å². The van der Waals surface area contributed by atoms with E-state index < -0.39 is 0 Å². The molecule has 0 spiro atoms. The smallest absolute Gasteiger partial charge is 0.259 e. The van der Waals surface area contributed by atoms with Gasteiger partial charge in [-0.2, -0.15) is 4.98 Å². The van der Waals surface area contributed by atoms with Crippen LogP contribution in [0.4, 0.5) is 0 Å². The van der Waals surface area contributed by atoms with Crippen LogP contribution in [0.1, 0.15) is 57.2 Å². The minimum absolute atomic E-state index is 0.275. The van der Waals surface area contributed by atoms with E-state index in [-0.39, 0.29) is 5.92 Å². The van der Waals surface area contributed by atoms with E-state index in [4.69, 9.17) is 4.52 Å². The quantitative estimate of drug-likeness (QED) is 0.801. The summed E-state index contributed by atoms with van der Waals surface area (Å²) in [7, 11) is 0. The fraction of sp³-hybridized carbons (Fsp3) is 0.619. The maximum atomic E-state index is 12.8. The highest BCUT2D eigenvalue weighted by molar-refractivity contribution is 5.79. The first-order chi connectivity index (χ1) is 13.3. The molecule has 1 saturated heterocycles. The van der Waals surface area contributed by atoms with Gasteiger partial charge in [-0.25, -0.2) is 0 Å². The third-order valence-electron chi connectivity index (χ3n) is 5.94. The van der Waals surface area contributed by atoms with Crippen molar-refractivity contribution in [1.29, 1.82) is 0 Å². The number of rotatable bonds is 5. The van der Waals surface area contributed by atoms with Gasteiger partial charge in [0, 0.05) is 37.8 Å². The second-order valence-corrected chi connectivity index (χ2v) is 7.92. The number of hydrogen-bond acceptors (Lipinski definition) is 5. The number of nitrogens with zero attached hydrogens (tertiary/aromatic N) is 4. The van der Waals surface area contributed by atoms with E-state index in [0.29, 0.717) is 17.7 Å². The second-order valence-electron chi connectivity index (χ2n) is 7.92. The van der Waals surface area contributed by atoms with Gasteiger partial charge in [-0.15, -0.1) is 0 Å². The lowest BCUT2D eigenvalue weighted by Gasteiger charge is -2.36. The molecule has 144 valence electrons. The van der Waals surface area contributed by atoms with Gasteiger partial charge >= 0.3 is 0 Å². The molecule has 1 atom stereocenters. The monoisotopic (exact) mass is 368 g/mol. The summed E-state index contributed by atoms with van der Waals surface area (Å²) in [6, 6.07) is 3.78. The molecule has 0 aromatic carbocycles. The summed E-state index contributed by atoms with van der Waals surface area (Å²) in [5.41, 5.74) is 0.846. The van der Waals surface area contributed by atoms with E-state index in [2.05, 4.69) is 20.0 Å². The maximum Gasteiger partial charge on any atom is 0.259 e. The predicted molar refractivity (Wildman–Crippen MR) is 102 cm³/mol. The molecule has 2 aliphatic rings. The van der Waals surface area contributed by atoms with Gasteiger partial charge in [0.25, 0.3) is 5.89 Å². The minimum Gasteiger partial charge on any atom is -0.342 e. The minimum atomic E-state index is 0.275. The van der Waals surface area contributed by atoms with Crippen LogP contribution in [0.5, 0.6) is 0 Å². The van der Waals surface area contributed by atoms with Crippen molar-refractivity contribution < 1.29 is 9.32 Å². The van der Waals surface area contributed by atoms with Crippen molar-refractivity contribution in [3.8, 4) is 11.5 Å². The van der Waals surface area contributed by atoms with Crippen LogP contribution in [0.25, 0.3) is 11.5 Å². The molecule has 2 fully saturated rings. The van der Waals surface area contributed by atoms with Gasteiger partial charge in [0.2, 0.25) is 5.91 Å². The zero-order chi connectivity index (χ0) is 18.5. The molecule has 3 heterocycles. The third kappa shape index (κ3) is 4.54. The number of piperidine rings is 1. The fourth-order valence-electron chi connectivity index (χ4n) is 4.40. The first kappa shape index (κ1) is 18.1. The van der Waals surface area contributed by atoms with Crippen LogP contribution in [0.15, 0.2) is 29.0 Å².